The van der Waals surface area contributed by atoms with Gasteiger partial charge in [0.1, 0.15) is 11.6 Å². The Balaban J connectivity index is 1.92. The number of nitrogens with zero attached hydrogens (tertiary/aromatic N) is 2. The normalized spacial score (nSPS) is 22.7. The van der Waals surface area contributed by atoms with Gasteiger partial charge in [-0.05, 0) is 40.4 Å². The summed E-state index contributed by atoms with van der Waals surface area (Å²) in [5.74, 6) is 3.95. The fourth-order valence-electron chi connectivity index (χ4n) is 1.89. The first-order valence-electron chi connectivity index (χ1n) is 5.53. The van der Waals surface area contributed by atoms with Gasteiger partial charge in [0.25, 0.3) is 0 Å². The number of halogens is 1. The molecule has 0 spiro atoms. The first-order valence-corrected chi connectivity index (χ1v) is 6.32. The number of furan rings is 1. The van der Waals surface area contributed by atoms with E-state index in [1.807, 2.05) is 12.1 Å². The predicted octanol–water partition coefficient (Wildman–Crippen LogP) is 3.20. The van der Waals surface area contributed by atoms with E-state index < -0.39 is 0 Å². The van der Waals surface area contributed by atoms with Crippen LogP contribution in [0.1, 0.15) is 25.0 Å². The number of aromatic nitrogens is 2. The van der Waals surface area contributed by atoms with E-state index >= 15 is 0 Å². The van der Waals surface area contributed by atoms with Gasteiger partial charge in [-0.15, -0.1) is 0 Å². The SMILES string of the molecule is CC1CC1c1ccc(-c2ncc(Br)c(N)n2)o1. The first kappa shape index (κ1) is 10.8. The molecule has 2 heterocycles. The summed E-state index contributed by atoms with van der Waals surface area (Å²) in [6, 6.07) is 3.91. The molecule has 2 aromatic heterocycles. The van der Waals surface area contributed by atoms with Crippen LogP contribution in [0.25, 0.3) is 11.6 Å². The average Bonchev–Trinajstić information content (AvgIpc) is 2.86. The monoisotopic (exact) mass is 293 g/mol. The minimum atomic E-state index is 0.424. The molecule has 2 aromatic rings. The number of hydrogen-bond acceptors (Lipinski definition) is 4. The van der Waals surface area contributed by atoms with Gasteiger partial charge in [0, 0.05) is 12.1 Å². The summed E-state index contributed by atoms with van der Waals surface area (Å²) in [5.41, 5.74) is 5.72. The molecule has 1 fully saturated rings. The first-order chi connectivity index (χ1) is 8.15. The minimum absolute atomic E-state index is 0.424. The maximum absolute atomic E-state index is 5.76. The van der Waals surface area contributed by atoms with Gasteiger partial charge in [-0.3, -0.25) is 0 Å². The smallest absolute Gasteiger partial charge is 0.197 e. The molecule has 0 bridgehead atoms. The second-order valence-electron chi connectivity index (χ2n) is 4.45. The lowest BCUT2D eigenvalue weighted by atomic mass is 10.3. The van der Waals surface area contributed by atoms with Crippen molar-refractivity contribution in [3.63, 3.8) is 0 Å². The number of nitrogen functional groups attached to an aromatic ring is 1. The van der Waals surface area contributed by atoms with Crippen LogP contribution in [-0.2, 0) is 0 Å². The number of nitrogens with two attached hydrogens (primary N) is 1. The van der Waals surface area contributed by atoms with Crippen molar-refractivity contribution in [3.8, 4) is 11.6 Å². The summed E-state index contributed by atoms with van der Waals surface area (Å²) >= 11 is 3.27. The molecule has 4 nitrogen and oxygen atoms in total. The summed E-state index contributed by atoms with van der Waals surface area (Å²) < 4.78 is 6.46. The predicted molar refractivity (Wildman–Crippen MR) is 68.4 cm³/mol. The summed E-state index contributed by atoms with van der Waals surface area (Å²) in [4.78, 5) is 8.37. The zero-order chi connectivity index (χ0) is 12.0. The molecular weight excluding hydrogens is 282 g/mol. The Morgan fingerprint density at radius 3 is 2.88 bits per heavy atom. The van der Waals surface area contributed by atoms with Gasteiger partial charge in [-0.25, -0.2) is 9.97 Å². The Morgan fingerprint density at radius 1 is 1.47 bits per heavy atom. The number of anilines is 1. The van der Waals surface area contributed by atoms with E-state index in [2.05, 4.69) is 32.8 Å². The Morgan fingerprint density at radius 2 is 2.24 bits per heavy atom. The minimum Gasteiger partial charge on any atom is -0.457 e. The van der Waals surface area contributed by atoms with E-state index in [1.165, 1.54) is 6.42 Å². The van der Waals surface area contributed by atoms with E-state index in [0.717, 1.165) is 11.7 Å². The van der Waals surface area contributed by atoms with Crippen LogP contribution in [0.4, 0.5) is 5.82 Å². The van der Waals surface area contributed by atoms with Crippen molar-refractivity contribution in [2.45, 2.75) is 19.3 Å². The summed E-state index contributed by atoms with van der Waals surface area (Å²) in [7, 11) is 0. The molecule has 88 valence electrons. The Kier molecular flexibility index (Phi) is 2.43. The van der Waals surface area contributed by atoms with Crippen molar-refractivity contribution in [3.05, 3.63) is 28.6 Å². The van der Waals surface area contributed by atoms with Crippen molar-refractivity contribution >= 4 is 21.7 Å². The molecular formula is C12H12BrN3O. The highest BCUT2D eigenvalue weighted by Gasteiger charge is 2.36. The molecule has 0 aliphatic heterocycles. The van der Waals surface area contributed by atoms with Crippen LogP contribution >= 0.6 is 15.9 Å². The molecule has 1 saturated carbocycles. The average molecular weight is 294 g/mol. The zero-order valence-corrected chi connectivity index (χ0v) is 10.9. The van der Waals surface area contributed by atoms with Crippen LogP contribution in [-0.4, -0.2) is 9.97 Å². The quantitative estimate of drug-likeness (QED) is 0.923. The van der Waals surface area contributed by atoms with Crippen LogP contribution in [0.5, 0.6) is 0 Å². The van der Waals surface area contributed by atoms with Gasteiger partial charge in [0.2, 0.25) is 0 Å². The van der Waals surface area contributed by atoms with Gasteiger partial charge < -0.3 is 10.2 Å². The van der Waals surface area contributed by atoms with Crippen molar-refractivity contribution in [1.82, 2.24) is 9.97 Å². The molecule has 0 aromatic carbocycles. The van der Waals surface area contributed by atoms with Crippen LogP contribution in [0.15, 0.2) is 27.2 Å². The maximum atomic E-state index is 5.76. The van der Waals surface area contributed by atoms with Crippen molar-refractivity contribution in [1.29, 1.82) is 0 Å². The van der Waals surface area contributed by atoms with Gasteiger partial charge in [0.15, 0.2) is 11.6 Å². The molecule has 1 aliphatic carbocycles. The molecule has 2 N–H and O–H groups in total. The highest BCUT2D eigenvalue weighted by molar-refractivity contribution is 9.10. The van der Waals surface area contributed by atoms with E-state index in [9.17, 15) is 0 Å². The molecule has 5 heteroatoms. The molecule has 0 amide bonds. The highest BCUT2D eigenvalue weighted by atomic mass is 79.9. The van der Waals surface area contributed by atoms with Gasteiger partial charge in [-0.1, -0.05) is 6.92 Å². The van der Waals surface area contributed by atoms with Crippen LogP contribution < -0.4 is 5.73 Å². The largest absolute Gasteiger partial charge is 0.457 e. The third-order valence-electron chi connectivity index (χ3n) is 3.09. The van der Waals surface area contributed by atoms with Gasteiger partial charge in [0.05, 0.1) is 4.47 Å². The van der Waals surface area contributed by atoms with Crippen molar-refractivity contribution in [2.75, 3.05) is 5.73 Å². The van der Waals surface area contributed by atoms with Crippen LogP contribution in [0.3, 0.4) is 0 Å². The Labute approximate surface area is 107 Å². The van der Waals surface area contributed by atoms with Crippen LogP contribution in [0, 0.1) is 5.92 Å². The zero-order valence-electron chi connectivity index (χ0n) is 9.35. The number of hydrogen-bond donors (Lipinski definition) is 1. The lowest BCUT2D eigenvalue weighted by Gasteiger charge is -1.99. The van der Waals surface area contributed by atoms with E-state index in [1.54, 1.807) is 6.20 Å². The molecule has 0 radical (unpaired) electrons. The Hall–Kier alpha value is -1.36. The molecule has 3 rings (SSSR count). The van der Waals surface area contributed by atoms with Gasteiger partial charge in [-0.2, -0.15) is 0 Å². The molecule has 1 aliphatic rings. The fraction of sp³-hybridized carbons (Fsp3) is 0.333. The second-order valence-corrected chi connectivity index (χ2v) is 5.30. The second kappa shape index (κ2) is 3.84. The third kappa shape index (κ3) is 1.95. The summed E-state index contributed by atoms with van der Waals surface area (Å²) in [6.45, 7) is 2.22. The van der Waals surface area contributed by atoms with Crippen molar-refractivity contribution < 1.29 is 4.42 Å². The number of rotatable bonds is 2. The molecule has 17 heavy (non-hydrogen) atoms. The van der Waals surface area contributed by atoms with Crippen molar-refractivity contribution in [2.24, 2.45) is 5.92 Å². The van der Waals surface area contributed by atoms with E-state index in [4.69, 9.17) is 10.2 Å². The Bertz CT molecular complexity index is 567. The maximum Gasteiger partial charge on any atom is 0.197 e. The third-order valence-corrected chi connectivity index (χ3v) is 3.70. The lowest BCUT2D eigenvalue weighted by Crippen LogP contribution is -1.95. The van der Waals surface area contributed by atoms with E-state index in [0.29, 0.717) is 27.8 Å². The molecule has 2 atom stereocenters. The highest BCUT2D eigenvalue weighted by Crippen LogP contribution is 2.47. The summed E-state index contributed by atoms with van der Waals surface area (Å²) in [6.07, 6.45) is 2.84. The van der Waals surface area contributed by atoms with Crippen LogP contribution in [0.2, 0.25) is 0 Å². The standard InChI is InChI=1S/C12H12BrN3O/c1-6-4-7(6)9-2-3-10(17-9)12-15-5-8(13)11(14)16-12/h2-3,5-7H,4H2,1H3,(H2,14,15,16). The molecule has 2 unspecified atom stereocenters. The van der Waals surface area contributed by atoms with Gasteiger partial charge >= 0.3 is 0 Å². The fourth-order valence-corrected chi connectivity index (χ4v) is 2.08. The van der Waals surface area contributed by atoms with E-state index in [-0.39, 0.29) is 0 Å². The topological polar surface area (TPSA) is 64.9 Å². The molecule has 0 saturated heterocycles. The lowest BCUT2D eigenvalue weighted by molar-refractivity contribution is 0.515. The summed E-state index contributed by atoms with van der Waals surface area (Å²) in [5, 5.41) is 0.